The maximum atomic E-state index is 11.5. The van der Waals surface area contributed by atoms with Crippen LogP contribution in [0.15, 0.2) is 0 Å². The third kappa shape index (κ3) is 4.24. The number of carboxylic acids is 1. The van der Waals surface area contributed by atoms with Crippen LogP contribution < -0.4 is 10.6 Å². The zero-order valence-corrected chi connectivity index (χ0v) is 10.7. The second kappa shape index (κ2) is 5.38. The van der Waals surface area contributed by atoms with E-state index in [1.165, 1.54) is 0 Å². The van der Waals surface area contributed by atoms with Crippen LogP contribution in [0.5, 0.6) is 0 Å². The normalized spacial score (nSPS) is 22.6. The van der Waals surface area contributed by atoms with Gasteiger partial charge in [-0.3, -0.25) is 4.79 Å². The molecule has 0 saturated heterocycles. The summed E-state index contributed by atoms with van der Waals surface area (Å²) in [5, 5.41) is 14.4. The predicted molar refractivity (Wildman–Crippen MR) is 64.8 cm³/mol. The Morgan fingerprint density at radius 1 is 1.47 bits per heavy atom. The Morgan fingerprint density at radius 3 is 2.47 bits per heavy atom. The van der Waals surface area contributed by atoms with Gasteiger partial charge in [-0.05, 0) is 18.3 Å². The lowest BCUT2D eigenvalue weighted by molar-refractivity contribution is -0.141. The molecular weight excluding hydrogens is 220 g/mol. The highest BCUT2D eigenvalue weighted by atomic mass is 16.4. The third-order valence-corrected chi connectivity index (χ3v) is 3.31. The standard InChI is InChI=1S/C12H22N2O3/c1-4-5-8(10(15)16)7-13-11(17)14-9-6-12(9,2)3/h8-9H,4-7H2,1-3H3,(H,15,16)(H2,13,14,17). The van der Waals surface area contributed by atoms with Crippen LogP contribution in [0, 0.1) is 11.3 Å². The first-order chi connectivity index (χ1) is 7.86. The van der Waals surface area contributed by atoms with Gasteiger partial charge in [0.05, 0.1) is 5.92 Å². The topological polar surface area (TPSA) is 78.4 Å². The van der Waals surface area contributed by atoms with Crippen LogP contribution >= 0.6 is 0 Å². The first-order valence-electron chi connectivity index (χ1n) is 6.14. The highest BCUT2D eigenvalue weighted by molar-refractivity contribution is 5.76. The van der Waals surface area contributed by atoms with E-state index in [0.29, 0.717) is 6.42 Å². The number of carboxylic acid groups (broad SMARTS) is 1. The molecule has 2 amide bonds. The van der Waals surface area contributed by atoms with E-state index in [1.807, 2.05) is 6.92 Å². The number of urea groups is 1. The molecule has 1 saturated carbocycles. The Balaban J connectivity index is 2.24. The lowest BCUT2D eigenvalue weighted by atomic mass is 10.0. The number of rotatable bonds is 6. The summed E-state index contributed by atoms with van der Waals surface area (Å²) < 4.78 is 0. The summed E-state index contributed by atoms with van der Waals surface area (Å²) in [6.07, 6.45) is 2.37. The van der Waals surface area contributed by atoms with Crippen LogP contribution in [0.1, 0.15) is 40.0 Å². The summed E-state index contributed by atoms with van der Waals surface area (Å²) >= 11 is 0. The van der Waals surface area contributed by atoms with Gasteiger partial charge >= 0.3 is 12.0 Å². The number of hydrogen-bond acceptors (Lipinski definition) is 2. The van der Waals surface area contributed by atoms with E-state index >= 15 is 0 Å². The van der Waals surface area contributed by atoms with Crippen LogP contribution in [0.4, 0.5) is 4.79 Å². The molecular formula is C12H22N2O3. The minimum atomic E-state index is -0.848. The van der Waals surface area contributed by atoms with Gasteiger partial charge in [0, 0.05) is 12.6 Å². The van der Waals surface area contributed by atoms with Crippen molar-refractivity contribution in [2.75, 3.05) is 6.54 Å². The van der Waals surface area contributed by atoms with Gasteiger partial charge < -0.3 is 15.7 Å². The molecule has 0 heterocycles. The Morgan fingerprint density at radius 2 is 2.06 bits per heavy atom. The third-order valence-electron chi connectivity index (χ3n) is 3.31. The van der Waals surface area contributed by atoms with Gasteiger partial charge in [-0.2, -0.15) is 0 Å². The van der Waals surface area contributed by atoms with Gasteiger partial charge in [-0.25, -0.2) is 4.79 Å². The van der Waals surface area contributed by atoms with Crippen molar-refractivity contribution in [1.29, 1.82) is 0 Å². The maximum absolute atomic E-state index is 11.5. The molecule has 1 aliphatic rings. The SMILES string of the molecule is CCCC(CNC(=O)NC1CC1(C)C)C(=O)O. The molecule has 0 bridgehead atoms. The smallest absolute Gasteiger partial charge is 0.315 e. The number of amides is 2. The maximum Gasteiger partial charge on any atom is 0.315 e. The van der Waals surface area contributed by atoms with E-state index in [9.17, 15) is 9.59 Å². The highest BCUT2D eigenvalue weighted by Gasteiger charge is 2.46. The van der Waals surface area contributed by atoms with Crippen molar-refractivity contribution in [3.05, 3.63) is 0 Å². The molecule has 3 N–H and O–H groups in total. The first kappa shape index (κ1) is 13.8. The zero-order valence-electron chi connectivity index (χ0n) is 10.7. The summed E-state index contributed by atoms with van der Waals surface area (Å²) in [5.41, 5.74) is 0.187. The molecule has 0 aromatic heterocycles. The van der Waals surface area contributed by atoms with Crippen LogP contribution in [0.3, 0.4) is 0 Å². The Labute approximate surface area is 102 Å². The molecule has 1 rings (SSSR count). The van der Waals surface area contributed by atoms with Crippen molar-refractivity contribution in [3.8, 4) is 0 Å². The Kier molecular flexibility index (Phi) is 4.37. The van der Waals surface area contributed by atoms with Crippen molar-refractivity contribution in [2.45, 2.75) is 46.1 Å². The number of carbonyl (C=O) groups is 2. The van der Waals surface area contributed by atoms with Gasteiger partial charge in [-0.1, -0.05) is 27.2 Å². The first-order valence-corrected chi connectivity index (χ1v) is 6.14. The number of nitrogens with one attached hydrogen (secondary N) is 2. The van der Waals surface area contributed by atoms with Crippen molar-refractivity contribution in [1.82, 2.24) is 10.6 Å². The van der Waals surface area contributed by atoms with Gasteiger partial charge in [0.15, 0.2) is 0 Å². The zero-order chi connectivity index (χ0) is 13.1. The summed E-state index contributed by atoms with van der Waals surface area (Å²) in [7, 11) is 0. The van der Waals surface area contributed by atoms with Crippen LogP contribution in [-0.4, -0.2) is 29.7 Å². The molecule has 98 valence electrons. The average molecular weight is 242 g/mol. The van der Waals surface area contributed by atoms with Gasteiger partial charge in [-0.15, -0.1) is 0 Å². The molecule has 1 aliphatic carbocycles. The molecule has 0 aromatic rings. The van der Waals surface area contributed by atoms with E-state index in [2.05, 4.69) is 24.5 Å². The molecule has 5 nitrogen and oxygen atoms in total. The van der Waals surface area contributed by atoms with E-state index in [4.69, 9.17) is 5.11 Å². The summed E-state index contributed by atoms with van der Waals surface area (Å²) in [5.74, 6) is -1.34. The fourth-order valence-electron chi connectivity index (χ4n) is 1.80. The van der Waals surface area contributed by atoms with Crippen molar-refractivity contribution in [2.24, 2.45) is 11.3 Å². The monoisotopic (exact) mass is 242 g/mol. The fraction of sp³-hybridized carbons (Fsp3) is 0.833. The molecule has 17 heavy (non-hydrogen) atoms. The van der Waals surface area contributed by atoms with Gasteiger partial charge in [0.25, 0.3) is 0 Å². The van der Waals surface area contributed by atoms with Crippen LogP contribution in [0.2, 0.25) is 0 Å². The largest absolute Gasteiger partial charge is 0.481 e. The number of aliphatic carboxylic acids is 1. The van der Waals surface area contributed by atoms with Crippen molar-refractivity contribution < 1.29 is 14.7 Å². The van der Waals surface area contributed by atoms with Crippen LogP contribution in [0.25, 0.3) is 0 Å². The second-order valence-electron chi connectivity index (χ2n) is 5.42. The highest BCUT2D eigenvalue weighted by Crippen LogP contribution is 2.44. The van der Waals surface area contributed by atoms with Crippen molar-refractivity contribution in [3.63, 3.8) is 0 Å². The quantitative estimate of drug-likeness (QED) is 0.661. The number of carbonyl (C=O) groups excluding carboxylic acids is 1. The van der Waals surface area contributed by atoms with E-state index in [0.717, 1.165) is 12.8 Å². The van der Waals surface area contributed by atoms with E-state index < -0.39 is 11.9 Å². The molecule has 0 aliphatic heterocycles. The average Bonchev–Trinajstić information content (AvgIpc) is 2.80. The summed E-state index contributed by atoms with van der Waals surface area (Å²) in [4.78, 5) is 22.4. The number of hydrogen-bond donors (Lipinski definition) is 3. The molecule has 1 fully saturated rings. The Bertz CT molecular complexity index is 302. The van der Waals surface area contributed by atoms with E-state index in [1.54, 1.807) is 0 Å². The minimum absolute atomic E-state index is 0.187. The molecule has 2 unspecified atom stereocenters. The molecule has 0 radical (unpaired) electrons. The van der Waals surface area contributed by atoms with E-state index in [-0.39, 0.29) is 24.0 Å². The predicted octanol–water partition coefficient (Wildman–Crippen LogP) is 1.58. The Hall–Kier alpha value is -1.26. The summed E-state index contributed by atoms with van der Waals surface area (Å²) in [6.45, 7) is 6.31. The van der Waals surface area contributed by atoms with Gasteiger partial charge in [0.2, 0.25) is 0 Å². The lowest BCUT2D eigenvalue weighted by Gasteiger charge is -2.13. The van der Waals surface area contributed by atoms with Gasteiger partial charge in [0.1, 0.15) is 0 Å². The van der Waals surface area contributed by atoms with Crippen LogP contribution in [-0.2, 0) is 4.79 Å². The minimum Gasteiger partial charge on any atom is -0.481 e. The molecule has 0 spiro atoms. The summed E-state index contributed by atoms with van der Waals surface area (Å²) in [6, 6.07) is -0.0418. The van der Waals surface area contributed by atoms with Crippen molar-refractivity contribution >= 4 is 12.0 Å². The second-order valence-corrected chi connectivity index (χ2v) is 5.42. The molecule has 2 atom stereocenters. The molecule has 0 aromatic carbocycles. The molecule has 5 heteroatoms. The fourth-order valence-corrected chi connectivity index (χ4v) is 1.80. The lowest BCUT2D eigenvalue weighted by Crippen LogP contribution is -2.41.